The molecule has 0 aromatic heterocycles. The van der Waals surface area contributed by atoms with Gasteiger partial charge in [0.2, 0.25) is 0 Å². The third-order valence-electron chi connectivity index (χ3n) is 2.83. The first-order valence-corrected chi connectivity index (χ1v) is 8.32. The summed E-state index contributed by atoms with van der Waals surface area (Å²) in [5.41, 5.74) is 0. The van der Waals surface area contributed by atoms with Crippen LogP contribution in [0.25, 0.3) is 0 Å². The smallest absolute Gasteiger partial charge is 0.137 e. The minimum Gasteiger partial charge on any atom is -0.299 e. The molecular formula is C11H19ClOS2. The molecule has 0 saturated heterocycles. The van der Waals surface area contributed by atoms with Crippen molar-refractivity contribution >= 4 is 39.0 Å². The van der Waals surface area contributed by atoms with E-state index in [1.807, 2.05) is 10.8 Å². The van der Waals surface area contributed by atoms with E-state index in [0.29, 0.717) is 11.7 Å². The highest BCUT2D eigenvalue weighted by atomic mass is 35.5. The van der Waals surface area contributed by atoms with Crippen LogP contribution in [0.2, 0.25) is 0 Å². The van der Waals surface area contributed by atoms with Crippen LogP contribution in [0.5, 0.6) is 0 Å². The van der Waals surface area contributed by atoms with Gasteiger partial charge in [-0.1, -0.05) is 28.0 Å². The van der Waals surface area contributed by atoms with Crippen LogP contribution < -0.4 is 0 Å². The summed E-state index contributed by atoms with van der Waals surface area (Å²) in [5.74, 6) is 2.35. The molecule has 0 bridgehead atoms. The van der Waals surface area contributed by atoms with Gasteiger partial charge in [-0.05, 0) is 26.7 Å². The number of hydrogen-bond donors (Lipinski definition) is 0. The molecule has 1 aliphatic rings. The lowest BCUT2D eigenvalue weighted by molar-refractivity contribution is -0.125. The van der Waals surface area contributed by atoms with Crippen molar-refractivity contribution in [3.05, 3.63) is 0 Å². The lowest BCUT2D eigenvalue weighted by atomic mass is 9.80. The molecule has 0 radical (unpaired) electrons. The second-order valence-electron chi connectivity index (χ2n) is 4.46. The van der Waals surface area contributed by atoms with Gasteiger partial charge < -0.3 is 0 Å². The number of rotatable bonds is 5. The van der Waals surface area contributed by atoms with Crippen molar-refractivity contribution in [2.24, 2.45) is 5.92 Å². The molecule has 0 spiro atoms. The summed E-state index contributed by atoms with van der Waals surface area (Å²) in [4.78, 5) is 11.8. The second kappa shape index (κ2) is 6.41. The summed E-state index contributed by atoms with van der Waals surface area (Å²) in [6, 6.07) is 0. The molecule has 88 valence electrons. The van der Waals surface area contributed by atoms with E-state index in [0.717, 1.165) is 25.0 Å². The van der Waals surface area contributed by atoms with Crippen molar-refractivity contribution in [2.75, 3.05) is 11.6 Å². The lowest BCUT2D eigenvalue weighted by Crippen LogP contribution is -2.35. The summed E-state index contributed by atoms with van der Waals surface area (Å²) < 4.78 is 0.0637. The maximum atomic E-state index is 11.8. The number of carbonyl (C=O) groups excluding carboxylic acids is 1. The molecule has 0 aromatic rings. The van der Waals surface area contributed by atoms with Crippen molar-refractivity contribution < 1.29 is 4.79 Å². The van der Waals surface area contributed by atoms with Crippen LogP contribution in [0.1, 0.15) is 39.5 Å². The summed E-state index contributed by atoms with van der Waals surface area (Å²) in [7, 11) is 3.61. The minimum atomic E-state index is 0.0637. The van der Waals surface area contributed by atoms with Crippen molar-refractivity contribution in [2.45, 2.75) is 44.3 Å². The molecule has 1 aliphatic carbocycles. The van der Waals surface area contributed by atoms with E-state index in [9.17, 15) is 4.79 Å². The van der Waals surface area contributed by atoms with Crippen LogP contribution in [0.15, 0.2) is 0 Å². The fourth-order valence-electron chi connectivity index (χ4n) is 2.00. The molecule has 15 heavy (non-hydrogen) atoms. The molecule has 1 unspecified atom stereocenters. The zero-order valence-corrected chi connectivity index (χ0v) is 11.8. The highest BCUT2D eigenvalue weighted by Gasteiger charge is 2.36. The highest BCUT2D eigenvalue weighted by molar-refractivity contribution is 8.77. The Morgan fingerprint density at radius 2 is 2.20 bits per heavy atom. The predicted molar refractivity (Wildman–Crippen MR) is 71.8 cm³/mol. The monoisotopic (exact) mass is 266 g/mol. The Labute approximate surface area is 105 Å². The largest absolute Gasteiger partial charge is 0.299 e. The maximum absolute atomic E-state index is 11.8. The fraction of sp³-hybridized carbons (Fsp3) is 0.909. The third kappa shape index (κ3) is 4.20. The van der Waals surface area contributed by atoms with E-state index in [1.165, 1.54) is 6.42 Å². The average Bonchev–Trinajstić information content (AvgIpc) is 2.18. The third-order valence-corrected chi connectivity index (χ3v) is 6.59. The molecule has 1 atom stereocenters. The number of halogens is 1. The molecule has 0 amide bonds. The van der Waals surface area contributed by atoms with Gasteiger partial charge in [0.25, 0.3) is 0 Å². The quantitative estimate of drug-likeness (QED) is 0.423. The standard InChI is InChI=1S/C11H19ClOS2/c1-11(2,15-14-8-7-12)9-5-3-4-6-10(9)13/h9H,3-8H2,1-2H3. The van der Waals surface area contributed by atoms with E-state index >= 15 is 0 Å². The lowest BCUT2D eigenvalue weighted by Gasteiger charge is -2.34. The van der Waals surface area contributed by atoms with Gasteiger partial charge in [-0.3, -0.25) is 4.79 Å². The second-order valence-corrected chi connectivity index (χ2v) is 7.91. The van der Waals surface area contributed by atoms with E-state index in [1.54, 1.807) is 10.8 Å². The molecule has 0 heterocycles. The van der Waals surface area contributed by atoms with Gasteiger partial charge in [0.15, 0.2) is 0 Å². The Morgan fingerprint density at radius 3 is 2.80 bits per heavy atom. The van der Waals surface area contributed by atoms with Crippen LogP contribution in [0, 0.1) is 5.92 Å². The summed E-state index contributed by atoms with van der Waals surface area (Å²) >= 11 is 5.64. The number of carbonyl (C=O) groups is 1. The molecule has 1 nitrogen and oxygen atoms in total. The number of alkyl halides is 1. The predicted octanol–water partition coefficient (Wildman–Crippen LogP) is 4.14. The van der Waals surface area contributed by atoms with Crippen LogP contribution in [-0.2, 0) is 4.79 Å². The van der Waals surface area contributed by atoms with Gasteiger partial charge >= 0.3 is 0 Å². The Morgan fingerprint density at radius 1 is 1.47 bits per heavy atom. The maximum Gasteiger partial charge on any atom is 0.137 e. The first-order valence-electron chi connectivity index (χ1n) is 5.47. The topological polar surface area (TPSA) is 17.1 Å². The summed E-state index contributed by atoms with van der Waals surface area (Å²) in [6.07, 6.45) is 4.15. The highest BCUT2D eigenvalue weighted by Crippen LogP contribution is 2.44. The fourth-order valence-corrected chi connectivity index (χ4v) is 5.08. The number of ketones is 1. The zero-order valence-electron chi connectivity index (χ0n) is 9.42. The summed E-state index contributed by atoms with van der Waals surface area (Å²) in [6.45, 7) is 4.37. The van der Waals surface area contributed by atoms with Gasteiger partial charge in [-0.25, -0.2) is 0 Å². The van der Waals surface area contributed by atoms with Crippen molar-refractivity contribution in [1.82, 2.24) is 0 Å². The molecule has 1 rings (SSSR count). The van der Waals surface area contributed by atoms with Crippen LogP contribution in [-0.4, -0.2) is 22.2 Å². The Hall–Kier alpha value is 0.660. The molecule has 1 fully saturated rings. The van der Waals surface area contributed by atoms with Crippen LogP contribution in [0.3, 0.4) is 0 Å². The minimum absolute atomic E-state index is 0.0637. The van der Waals surface area contributed by atoms with E-state index in [4.69, 9.17) is 11.6 Å². The van der Waals surface area contributed by atoms with Gasteiger partial charge in [0, 0.05) is 28.7 Å². The van der Waals surface area contributed by atoms with Gasteiger partial charge in [-0.15, -0.1) is 11.6 Å². The first-order chi connectivity index (χ1) is 7.08. The molecule has 1 saturated carbocycles. The van der Waals surface area contributed by atoms with E-state index in [2.05, 4.69) is 13.8 Å². The van der Waals surface area contributed by atoms with Crippen molar-refractivity contribution in [3.8, 4) is 0 Å². The average molecular weight is 267 g/mol. The SMILES string of the molecule is CC(C)(SSCCCl)C1CCCCC1=O. The molecular weight excluding hydrogens is 248 g/mol. The van der Waals surface area contributed by atoms with Crippen LogP contribution in [0.4, 0.5) is 0 Å². The van der Waals surface area contributed by atoms with Crippen molar-refractivity contribution in [1.29, 1.82) is 0 Å². The molecule has 0 aliphatic heterocycles. The van der Waals surface area contributed by atoms with Gasteiger partial charge in [-0.2, -0.15) is 0 Å². The Bertz CT molecular complexity index is 219. The van der Waals surface area contributed by atoms with Crippen molar-refractivity contribution in [3.63, 3.8) is 0 Å². The zero-order chi connectivity index (χ0) is 11.3. The first kappa shape index (κ1) is 13.7. The van der Waals surface area contributed by atoms with E-state index in [-0.39, 0.29) is 10.7 Å². The van der Waals surface area contributed by atoms with Gasteiger partial charge in [0.05, 0.1) is 0 Å². The Kier molecular flexibility index (Phi) is 5.86. The number of hydrogen-bond acceptors (Lipinski definition) is 3. The van der Waals surface area contributed by atoms with Gasteiger partial charge in [0.1, 0.15) is 5.78 Å². The van der Waals surface area contributed by atoms with Crippen LogP contribution >= 0.6 is 33.2 Å². The normalized spacial score (nSPS) is 23.1. The summed E-state index contributed by atoms with van der Waals surface area (Å²) in [5, 5.41) is 0. The van der Waals surface area contributed by atoms with E-state index < -0.39 is 0 Å². The molecule has 4 heteroatoms. The molecule has 0 aromatic carbocycles. The Balaban J connectivity index is 2.46. The number of Topliss-reactive ketones (excluding diaryl/α,β-unsaturated/α-hetero) is 1. The molecule has 0 N–H and O–H groups in total.